The summed E-state index contributed by atoms with van der Waals surface area (Å²) in [6.07, 6.45) is 1.10. The summed E-state index contributed by atoms with van der Waals surface area (Å²) in [6, 6.07) is 8.64. The predicted octanol–water partition coefficient (Wildman–Crippen LogP) is 1.67. The number of aliphatic hydroxyl groups excluding tert-OH is 1. The Bertz CT molecular complexity index is 318. The molecular formula is C13H19NO. The molecular weight excluding hydrogens is 186 g/mol. The molecule has 0 aromatic heterocycles. The minimum Gasteiger partial charge on any atom is -0.396 e. The first kappa shape index (κ1) is 10.7. The molecule has 1 aliphatic heterocycles. The Morgan fingerprint density at radius 1 is 1.27 bits per heavy atom. The van der Waals surface area contributed by atoms with Crippen LogP contribution >= 0.6 is 0 Å². The standard InChI is InChI=1S/C13H19NO/c1-2-12-5-3-4-6-13(12)9-14-7-11(8-14)10-15/h3-6,11,15H,2,7-10H2,1H3. The molecule has 2 nitrogen and oxygen atoms in total. The molecule has 0 radical (unpaired) electrons. The van der Waals surface area contributed by atoms with E-state index in [1.807, 2.05) is 0 Å². The van der Waals surface area contributed by atoms with E-state index in [4.69, 9.17) is 5.11 Å². The van der Waals surface area contributed by atoms with Gasteiger partial charge in [-0.3, -0.25) is 4.90 Å². The lowest BCUT2D eigenvalue weighted by Gasteiger charge is -2.38. The lowest BCUT2D eigenvalue weighted by molar-refractivity contribution is 0.0477. The average molecular weight is 205 g/mol. The van der Waals surface area contributed by atoms with Crippen LogP contribution in [0.4, 0.5) is 0 Å². The molecule has 0 saturated carbocycles. The van der Waals surface area contributed by atoms with Crippen LogP contribution in [-0.4, -0.2) is 29.7 Å². The maximum atomic E-state index is 8.94. The topological polar surface area (TPSA) is 23.5 Å². The van der Waals surface area contributed by atoms with Crippen LogP contribution < -0.4 is 0 Å². The molecule has 1 N–H and O–H groups in total. The van der Waals surface area contributed by atoms with Crippen LogP contribution in [0.25, 0.3) is 0 Å². The zero-order valence-corrected chi connectivity index (χ0v) is 9.32. The Morgan fingerprint density at radius 3 is 2.53 bits per heavy atom. The number of hydrogen-bond acceptors (Lipinski definition) is 2. The highest BCUT2D eigenvalue weighted by atomic mass is 16.3. The van der Waals surface area contributed by atoms with Gasteiger partial charge in [-0.15, -0.1) is 0 Å². The van der Waals surface area contributed by atoms with Gasteiger partial charge in [-0.2, -0.15) is 0 Å². The third-order valence-electron chi connectivity index (χ3n) is 3.18. The van der Waals surface area contributed by atoms with E-state index >= 15 is 0 Å². The molecule has 82 valence electrons. The zero-order chi connectivity index (χ0) is 10.7. The van der Waals surface area contributed by atoms with Crippen molar-refractivity contribution in [3.63, 3.8) is 0 Å². The minimum absolute atomic E-state index is 0.339. The van der Waals surface area contributed by atoms with Crippen LogP contribution in [0.5, 0.6) is 0 Å². The van der Waals surface area contributed by atoms with Gasteiger partial charge < -0.3 is 5.11 Å². The predicted molar refractivity (Wildman–Crippen MR) is 61.7 cm³/mol. The smallest absolute Gasteiger partial charge is 0.0483 e. The van der Waals surface area contributed by atoms with Crippen LogP contribution in [0.1, 0.15) is 18.1 Å². The molecule has 0 spiro atoms. The lowest BCUT2D eigenvalue weighted by atomic mass is 9.98. The van der Waals surface area contributed by atoms with Crippen molar-refractivity contribution in [1.29, 1.82) is 0 Å². The Hall–Kier alpha value is -0.860. The van der Waals surface area contributed by atoms with Gasteiger partial charge in [-0.25, -0.2) is 0 Å². The van der Waals surface area contributed by atoms with Crippen molar-refractivity contribution >= 4 is 0 Å². The highest BCUT2D eigenvalue weighted by molar-refractivity contribution is 5.27. The molecule has 15 heavy (non-hydrogen) atoms. The molecule has 0 amide bonds. The Balaban J connectivity index is 1.94. The van der Waals surface area contributed by atoms with Crippen LogP contribution in [-0.2, 0) is 13.0 Å². The highest BCUT2D eigenvalue weighted by Gasteiger charge is 2.25. The second kappa shape index (κ2) is 4.77. The van der Waals surface area contributed by atoms with Crippen molar-refractivity contribution in [3.05, 3.63) is 35.4 Å². The normalized spacial score (nSPS) is 17.7. The SMILES string of the molecule is CCc1ccccc1CN1CC(CO)C1. The Morgan fingerprint density at radius 2 is 1.93 bits per heavy atom. The molecule has 2 heteroatoms. The first-order chi connectivity index (χ1) is 7.33. The van der Waals surface area contributed by atoms with Gasteiger partial charge in [0.05, 0.1) is 0 Å². The molecule has 1 heterocycles. The summed E-state index contributed by atoms with van der Waals surface area (Å²) >= 11 is 0. The maximum absolute atomic E-state index is 8.94. The highest BCUT2D eigenvalue weighted by Crippen LogP contribution is 2.20. The molecule has 2 rings (SSSR count). The van der Waals surface area contributed by atoms with Crippen molar-refractivity contribution < 1.29 is 5.11 Å². The fraction of sp³-hybridized carbons (Fsp3) is 0.538. The largest absolute Gasteiger partial charge is 0.396 e. The van der Waals surface area contributed by atoms with E-state index in [-0.39, 0.29) is 0 Å². The van der Waals surface area contributed by atoms with Gasteiger partial charge in [0.1, 0.15) is 0 Å². The van der Waals surface area contributed by atoms with Gasteiger partial charge in [-0.1, -0.05) is 31.2 Å². The van der Waals surface area contributed by atoms with E-state index in [1.54, 1.807) is 0 Å². The number of rotatable bonds is 4. The van der Waals surface area contributed by atoms with Gasteiger partial charge >= 0.3 is 0 Å². The molecule has 0 atom stereocenters. The Kier molecular flexibility index (Phi) is 3.39. The first-order valence-corrected chi connectivity index (χ1v) is 5.73. The fourth-order valence-corrected chi connectivity index (χ4v) is 2.22. The third-order valence-corrected chi connectivity index (χ3v) is 3.18. The molecule has 1 aliphatic rings. The quantitative estimate of drug-likeness (QED) is 0.808. The van der Waals surface area contributed by atoms with E-state index < -0.39 is 0 Å². The van der Waals surface area contributed by atoms with E-state index in [0.29, 0.717) is 12.5 Å². The number of hydrogen-bond donors (Lipinski definition) is 1. The molecule has 0 bridgehead atoms. The number of benzene rings is 1. The summed E-state index contributed by atoms with van der Waals surface area (Å²) in [7, 11) is 0. The van der Waals surface area contributed by atoms with Gasteiger partial charge in [-0.05, 0) is 17.5 Å². The van der Waals surface area contributed by atoms with E-state index in [2.05, 4.69) is 36.1 Å². The number of aliphatic hydroxyl groups is 1. The summed E-state index contributed by atoms with van der Waals surface area (Å²) < 4.78 is 0. The second-order valence-electron chi connectivity index (χ2n) is 4.36. The van der Waals surface area contributed by atoms with E-state index in [0.717, 1.165) is 26.1 Å². The minimum atomic E-state index is 0.339. The zero-order valence-electron chi connectivity index (χ0n) is 9.32. The summed E-state index contributed by atoms with van der Waals surface area (Å²) in [4.78, 5) is 2.40. The summed E-state index contributed by atoms with van der Waals surface area (Å²) in [5.41, 5.74) is 2.89. The van der Waals surface area contributed by atoms with E-state index in [1.165, 1.54) is 11.1 Å². The first-order valence-electron chi connectivity index (χ1n) is 5.73. The van der Waals surface area contributed by atoms with Crippen LogP contribution in [0.15, 0.2) is 24.3 Å². The van der Waals surface area contributed by atoms with Crippen molar-refractivity contribution in [2.45, 2.75) is 19.9 Å². The monoisotopic (exact) mass is 205 g/mol. The molecule has 1 aromatic rings. The summed E-state index contributed by atoms with van der Waals surface area (Å²) in [5.74, 6) is 0.513. The molecule has 0 aliphatic carbocycles. The van der Waals surface area contributed by atoms with Crippen LogP contribution in [0.3, 0.4) is 0 Å². The second-order valence-corrected chi connectivity index (χ2v) is 4.36. The van der Waals surface area contributed by atoms with Gasteiger partial charge in [0.15, 0.2) is 0 Å². The van der Waals surface area contributed by atoms with Crippen molar-refractivity contribution in [1.82, 2.24) is 4.90 Å². The van der Waals surface area contributed by atoms with Gasteiger partial charge in [0, 0.05) is 32.2 Å². The van der Waals surface area contributed by atoms with Crippen molar-refractivity contribution in [3.8, 4) is 0 Å². The number of aryl methyl sites for hydroxylation is 1. The molecule has 1 saturated heterocycles. The van der Waals surface area contributed by atoms with Gasteiger partial charge in [0.2, 0.25) is 0 Å². The van der Waals surface area contributed by atoms with Gasteiger partial charge in [0.25, 0.3) is 0 Å². The maximum Gasteiger partial charge on any atom is 0.0483 e. The van der Waals surface area contributed by atoms with Crippen LogP contribution in [0.2, 0.25) is 0 Å². The fourth-order valence-electron chi connectivity index (χ4n) is 2.22. The third kappa shape index (κ3) is 2.39. The van der Waals surface area contributed by atoms with Crippen molar-refractivity contribution in [2.24, 2.45) is 5.92 Å². The summed E-state index contributed by atoms with van der Waals surface area (Å²) in [6.45, 7) is 5.68. The Labute approximate surface area is 91.5 Å². The molecule has 0 unspecified atom stereocenters. The average Bonchev–Trinajstić information content (AvgIpc) is 2.23. The molecule has 1 fully saturated rings. The van der Waals surface area contributed by atoms with Crippen molar-refractivity contribution in [2.75, 3.05) is 19.7 Å². The lowest BCUT2D eigenvalue weighted by Crippen LogP contribution is -2.47. The number of likely N-dealkylation sites (tertiary alicyclic amines) is 1. The van der Waals surface area contributed by atoms with Crippen LogP contribution in [0, 0.1) is 5.92 Å². The van der Waals surface area contributed by atoms with E-state index in [9.17, 15) is 0 Å². The summed E-state index contributed by atoms with van der Waals surface area (Å²) in [5, 5.41) is 8.94. The molecule has 1 aromatic carbocycles. The number of nitrogens with zero attached hydrogens (tertiary/aromatic N) is 1.